The number of nitrogens with one attached hydrogen (secondary N) is 1. The molecule has 2 heterocycles. The van der Waals surface area contributed by atoms with E-state index in [2.05, 4.69) is 21.5 Å². The van der Waals surface area contributed by atoms with Gasteiger partial charge in [-0.2, -0.15) is 5.10 Å². The molecule has 2 aromatic carbocycles. The van der Waals surface area contributed by atoms with Gasteiger partial charge in [0.2, 0.25) is 5.91 Å². The number of methoxy groups -OCH3 is 1. The lowest BCUT2D eigenvalue weighted by Crippen LogP contribution is -2.31. The number of para-hydroxylation sites is 1. The lowest BCUT2D eigenvalue weighted by atomic mass is 9.92. The second-order valence-corrected chi connectivity index (χ2v) is 8.86. The third-order valence-electron chi connectivity index (χ3n) is 5.74. The Morgan fingerprint density at radius 3 is 2.87 bits per heavy atom. The topological polar surface area (TPSA) is 69.0 Å². The lowest BCUT2D eigenvalue weighted by molar-refractivity contribution is -0.121. The Balaban J connectivity index is 1.26. The maximum Gasteiger partial charge on any atom is 0.220 e. The number of fused-ring (bicyclic) bond motifs is 2. The second-order valence-electron chi connectivity index (χ2n) is 7.74. The molecule has 1 amide bonds. The molecule has 31 heavy (non-hydrogen) atoms. The van der Waals surface area contributed by atoms with Crippen molar-refractivity contribution in [1.29, 1.82) is 0 Å². The molecule has 0 spiro atoms. The summed E-state index contributed by atoms with van der Waals surface area (Å²) in [5.41, 5.74) is 4.30. The number of rotatable bonds is 6. The van der Waals surface area contributed by atoms with Crippen LogP contribution in [0.25, 0.3) is 15.9 Å². The predicted molar refractivity (Wildman–Crippen MR) is 122 cm³/mol. The number of benzene rings is 2. The van der Waals surface area contributed by atoms with Crippen LogP contribution < -0.4 is 10.1 Å². The fourth-order valence-corrected chi connectivity index (χ4v) is 5.13. The number of aryl methyl sites for hydroxylation is 1. The summed E-state index contributed by atoms with van der Waals surface area (Å²) in [6.45, 7) is 0. The standard InChI is InChI=1S/C24H24N4O2S/c1-30-17-11-9-16(10-12-17)28-21-7-4-6-19(18(21)15-25-28)26-23(29)13-14-24-27-20-5-2-3-8-22(20)31-24/h2-3,5,8-12,15,19H,4,6-7,13-14H2,1H3,(H,26,29). The molecule has 0 radical (unpaired) electrons. The van der Waals surface area contributed by atoms with E-state index in [1.165, 1.54) is 10.4 Å². The fourth-order valence-electron chi connectivity index (χ4n) is 4.17. The lowest BCUT2D eigenvalue weighted by Gasteiger charge is -2.24. The van der Waals surface area contributed by atoms with Gasteiger partial charge in [0.05, 0.1) is 40.3 Å². The number of aromatic nitrogens is 3. The Labute approximate surface area is 184 Å². The van der Waals surface area contributed by atoms with E-state index in [1.807, 2.05) is 53.3 Å². The summed E-state index contributed by atoms with van der Waals surface area (Å²) in [7, 11) is 1.66. The quantitative estimate of drug-likeness (QED) is 0.483. The fraction of sp³-hybridized carbons (Fsp3) is 0.292. The summed E-state index contributed by atoms with van der Waals surface area (Å²) >= 11 is 1.66. The van der Waals surface area contributed by atoms with Gasteiger partial charge in [0.25, 0.3) is 0 Å². The van der Waals surface area contributed by atoms with Gasteiger partial charge in [-0.3, -0.25) is 4.79 Å². The zero-order valence-electron chi connectivity index (χ0n) is 17.4. The zero-order chi connectivity index (χ0) is 21.2. The molecule has 6 nitrogen and oxygen atoms in total. The van der Waals surface area contributed by atoms with E-state index in [0.29, 0.717) is 12.8 Å². The van der Waals surface area contributed by atoms with Gasteiger partial charge >= 0.3 is 0 Å². The molecule has 4 aromatic rings. The van der Waals surface area contributed by atoms with Crippen molar-refractivity contribution in [2.45, 2.75) is 38.1 Å². The molecule has 0 bridgehead atoms. The molecule has 0 saturated carbocycles. The van der Waals surface area contributed by atoms with Crippen molar-refractivity contribution >= 4 is 27.5 Å². The first-order valence-corrected chi connectivity index (χ1v) is 11.4. The summed E-state index contributed by atoms with van der Waals surface area (Å²) in [4.78, 5) is 17.3. The predicted octanol–water partition coefficient (Wildman–Crippen LogP) is 4.62. The number of thiazole rings is 1. The molecule has 5 rings (SSSR count). The summed E-state index contributed by atoms with van der Waals surface area (Å²) in [5.74, 6) is 0.886. The van der Waals surface area contributed by atoms with Crippen molar-refractivity contribution in [3.05, 3.63) is 71.0 Å². The van der Waals surface area contributed by atoms with Gasteiger partial charge in [0.15, 0.2) is 0 Å². The molecule has 1 atom stereocenters. The molecule has 0 saturated heterocycles. The Morgan fingerprint density at radius 1 is 1.23 bits per heavy atom. The highest BCUT2D eigenvalue weighted by molar-refractivity contribution is 7.18. The summed E-state index contributed by atoms with van der Waals surface area (Å²) in [5, 5.41) is 8.85. The molecule has 0 aliphatic heterocycles. The number of hydrogen-bond donors (Lipinski definition) is 1. The maximum atomic E-state index is 12.7. The molecule has 2 aromatic heterocycles. The van der Waals surface area contributed by atoms with Crippen molar-refractivity contribution in [3.8, 4) is 11.4 Å². The molecule has 1 unspecified atom stereocenters. The third kappa shape index (κ3) is 4.05. The zero-order valence-corrected chi connectivity index (χ0v) is 18.2. The molecule has 158 valence electrons. The Kier molecular flexibility index (Phi) is 5.42. The molecule has 1 aliphatic carbocycles. The van der Waals surface area contributed by atoms with Crippen LogP contribution in [0, 0.1) is 0 Å². The van der Waals surface area contributed by atoms with E-state index in [9.17, 15) is 4.79 Å². The molecule has 7 heteroatoms. The van der Waals surface area contributed by atoms with E-state index in [4.69, 9.17) is 4.74 Å². The summed E-state index contributed by atoms with van der Waals surface area (Å²) in [6.07, 6.45) is 5.93. The van der Waals surface area contributed by atoms with Crippen LogP contribution in [0.2, 0.25) is 0 Å². The average Bonchev–Trinajstić information content (AvgIpc) is 3.42. The highest BCUT2D eigenvalue weighted by Gasteiger charge is 2.26. The molecular formula is C24H24N4O2S. The minimum absolute atomic E-state index is 0.0126. The van der Waals surface area contributed by atoms with Crippen LogP contribution in [-0.2, 0) is 17.6 Å². The molecule has 1 N–H and O–H groups in total. The van der Waals surface area contributed by atoms with Crippen LogP contribution in [0.1, 0.15) is 41.6 Å². The Morgan fingerprint density at radius 2 is 2.06 bits per heavy atom. The number of ether oxygens (including phenoxy) is 1. The van der Waals surface area contributed by atoms with Gasteiger partial charge < -0.3 is 10.1 Å². The van der Waals surface area contributed by atoms with Crippen LogP contribution >= 0.6 is 11.3 Å². The highest BCUT2D eigenvalue weighted by Crippen LogP contribution is 2.31. The Bertz CT molecular complexity index is 1180. The van der Waals surface area contributed by atoms with Gasteiger partial charge in [-0.25, -0.2) is 9.67 Å². The SMILES string of the molecule is COc1ccc(-n2ncc3c2CCCC3NC(=O)CCc2nc3ccccc3s2)cc1. The second kappa shape index (κ2) is 8.51. The minimum atomic E-state index is 0.0126. The number of hydrogen-bond acceptors (Lipinski definition) is 5. The third-order valence-corrected chi connectivity index (χ3v) is 6.84. The molecule has 1 aliphatic rings. The van der Waals surface area contributed by atoms with Gasteiger partial charge in [-0.15, -0.1) is 11.3 Å². The first kappa shape index (κ1) is 19.8. The van der Waals surface area contributed by atoms with Gasteiger partial charge in [0, 0.05) is 24.1 Å². The maximum absolute atomic E-state index is 12.7. The van der Waals surface area contributed by atoms with Crippen LogP contribution in [0.4, 0.5) is 0 Å². The van der Waals surface area contributed by atoms with E-state index >= 15 is 0 Å². The monoisotopic (exact) mass is 432 g/mol. The van der Waals surface area contributed by atoms with Gasteiger partial charge in [-0.05, 0) is 55.7 Å². The normalized spacial score (nSPS) is 15.6. The van der Waals surface area contributed by atoms with Gasteiger partial charge in [-0.1, -0.05) is 12.1 Å². The summed E-state index contributed by atoms with van der Waals surface area (Å²) < 4.78 is 8.40. The van der Waals surface area contributed by atoms with Crippen molar-refractivity contribution in [3.63, 3.8) is 0 Å². The largest absolute Gasteiger partial charge is 0.497 e. The summed E-state index contributed by atoms with van der Waals surface area (Å²) in [6, 6.07) is 16.0. The van der Waals surface area contributed by atoms with Crippen LogP contribution in [0.3, 0.4) is 0 Å². The van der Waals surface area contributed by atoms with Crippen molar-refractivity contribution in [2.24, 2.45) is 0 Å². The minimum Gasteiger partial charge on any atom is -0.497 e. The van der Waals surface area contributed by atoms with Crippen molar-refractivity contribution < 1.29 is 9.53 Å². The number of carbonyl (C=O) groups excluding carboxylic acids is 1. The Hall–Kier alpha value is -3.19. The smallest absolute Gasteiger partial charge is 0.220 e. The van der Waals surface area contributed by atoms with E-state index in [0.717, 1.165) is 46.8 Å². The van der Waals surface area contributed by atoms with Crippen LogP contribution in [0.5, 0.6) is 5.75 Å². The first-order valence-electron chi connectivity index (χ1n) is 10.6. The van der Waals surface area contributed by atoms with E-state index < -0.39 is 0 Å². The van der Waals surface area contributed by atoms with Crippen LogP contribution in [0.15, 0.2) is 54.7 Å². The van der Waals surface area contributed by atoms with Crippen LogP contribution in [-0.4, -0.2) is 27.8 Å². The molecular weight excluding hydrogens is 408 g/mol. The first-order chi connectivity index (χ1) is 15.2. The average molecular weight is 433 g/mol. The van der Waals surface area contributed by atoms with Crippen molar-refractivity contribution in [1.82, 2.24) is 20.1 Å². The van der Waals surface area contributed by atoms with E-state index in [1.54, 1.807) is 18.4 Å². The number of nitrogens with zero attached hydrogens (tertiary/aromatic N) is 3. The highest BCUT2D eigenvalue weighted by atomic mass is 32.1. The van der Waals surface area contributed by atoms with Crippen molar-refractivity contribution in [2.75, 3.05) is 7.11 Å². The number of amides is 1. The number of carbonyl (C=O) groups is 1. The van der Waals surface area contributed by atoms with E-state index in [-0.39, 0.29) is 11.9 Å². The molecule has 0 fully saturated rings. The van der Waals surface area contributed by atoms with Gasteiger partial charge in [0.1, 0.15) is 5.75 Å².